The molecule has 0 bridgehead atoms. The van der Waals surface area contributed by atoms with E-state index in [1.807, 2.05) is 84.9 Å². The number of aromatic nitrogens is 5. The van der Waals surface area contributed by atoms with Crippen LogP contribution in [0.15, 0.2) is 206 Å². The van der Waals surface area contributed by atoms with Gasteiger partial charge in [0.1, 0.15) is 0 Å². The molecule has 13 rings (SSSR count). The van der Waals surface area contributed by atoms with Crippen LogP contribution in [0.3, 0.4) is 0 Å². The lowest BCUT2D eigenvalue weighted by Crippen LogP contribution is -2.10. The number of benzene rings is 10. The quantitative estimate of drug-likeness (QED) is 0.142. The van der Waals surface area contributed by atoms with Gasteiger partial charge in [0, 0.05) is 38.2 Å². The number of fused-ring (bicyclic) bond motifs is 6. The van der Waals surface area contributed by atoms with Crippen LogP contribution in [0.1, 0.15) is 111 Å². The first kappa shape index (κ1) is 58.3. The van der Waals surface area contributed by atoms with Crippen LogP contribution in [0.2, 0.25) is 0 Å². The van der Waals surface area contributed by atoms with Crippen molar-refractivity contribution in [1.82, 2.24) is 24.1 Å². The van der Waals surface area contributed by atoms with Crippen LogP contribution < -0.4 is 0 Å². The van der Waals surface area contributed by atoms with E-state index in [-0.39, 0.29) is 21.7 Å². The molecule has 0 saturated carbocycles. The van der Waals surface area contributed by atoms with Crippen molar-refractivity contribution in [1.29, 1.82) is 5.26 Å². The van der Waals surface area contributed by atoms with E-state index in [0.29, 0.717) is 34.4 Å². The van der Waals surface area contributed by atoms with E-state index >= 15 is 0 Å². The van der Waals surface area contributed by atoms with Gasteiger partial charge >= 0.3 is 0 Å². The maximum atomic E-state index is 10.6. The zero-order valence-electron chi connectivity index (χ0n) is 53.2. The van der Waals surface area contributed by atoms with E-state index in [9.17, 15) is 5.26 Å². The minimum Gasteiger partial charge on any atom is -0.308 e. The van der Waals surface area contributed by atoms with Gasteiger partial charge in [-0.05, 0) is 168 Å². The largest absolute Gasteiger partial charge is 0.308 e. The van der Waals surface area contributed by atoms with E-state index in [0.717, 1.165) is 105 Å². The minimum atomic E-state index is -0.119. The predicted octanol–water partition coefficient (Wildman–Crippen LogP) is 22.2. The van der Waals surface area contributed by atoms with Crippen molar-refractivity contribution in [2.24, 2.45) is 0 Å². The maximum absolute atomic E-state index is 10.6. The van der Waals surface area contributed by atoms with Crippen LogP contribution >= 0.6 is 0 Å². The van der Waals surface area contributed by atoms with Crippen LogP contribution in [0.4, 0.5) is 11.4 Å². The molecule has 0 aliphatic rings. The molecule has 0 N–H and O–H groups in total. The van der Waals surface area contributed by atoms with Gasteiger partial charge in [-0.2, -0.15) is 5.26 Å². The average Bonchev–Trinajstić information content (AvgIpc) is 1.56. The minimum absolute atomic E-state index is 0.117. The van der Waals surface area contributed by atoms with E-state index in [1.165, 1.54) is 22.3 Å². The highest BCUT2D eigenvalue weighted by Crippen LogP contribution is 2.45. The first-order valence-electron chi connectivity index (χ1n) is 30.8. The Labute approximate surface area is 528 Å². The Morgan fingerprint density at radius 3 is 1.19 bits per heavy atom. The zero-order chi connectivity index (χ0) is 63.2. The van der Waals surface area contributed by atoms with Crippen molar-refractivity contribution < 1.29 is 0 Å². The molecule has 438 valence electrons. The highest BCUT2D eigenvalue weighted by Gasteiger charge is 2.28. The van der Waals surface area contributed by atoms with Gasteiger partial charge in [0.25, 0.3) is 0 Å². The second kappa shape index (κ2) is 21.8. The highest BCUT2D eigenvalue weighted by atomic mass is 15.1. The van der Waals surface area contributed by atoms with E-state index in [1.54, 1.807) is 0 Å². The molecule has 0 atom stereocenters. The topological polar surface area (TPSA) is 81.0 Å². The second-order valence-corrected chi connectivity index (χ2v) is 27.9. The van der Waals surface area contributed by atoms with E-state index in [2.05, 4.69) is 229 Å². The molecule has 90 heavy (non-hydrogen) atoms. The molecule has 0 fully saturated rings. The fourth-order valence-corrected chi connectivity index (χ4v) is 12.6. The van der Waals surface area contributed by atoms with Crippen molar-refractivity contribution in [3.05, 3.63) is 257 Å². The van der Waals surface area contributed by atoms with Crippen molar-refractivity contribution in [3.63, 3.8) is 0 Å². The molecule has 10 aromatic carbocycles. The van der Waals surface area contributed by atoms with Crippen LogP contribution in [0, 0.1) is 24.5 Å². The van der Waals surface area contributed by atoms with Crippen molar-refractivity contribution >= 4 is 55.0 Å². The fourth-order valence-electron chi connectivity index (χ4n) is 12.6. The first-order chi connectivity index (χ1) is 43.0. The monoisotopic (exact) mass is 1170 g/mol. The van der Waals surface area contributed by atoms with Crippen LogP contribution in [-0.4, -0.2) is 24.1 Å². The molecule has 8 nitrogen and oxygen atoms in total. The number of hydrogen-bond donors (Lipinski definition) is 0. The number of nitrogens with zero attached hydrogens (tertiary/aromatic N) is 8. The lowest BCUT2D eigenvalue weighted by atomic mass is 9.85. The third-order valence-corrected chi connectivity index (χ3v) is 17.7. The summed E-state index contributed by atoms with van der Waals surface area (Å²) < 4.78 is 4.72. The van der Waals surface area contributed by atoms with Crippen molar-refractivity contribution in [2.45, 2.75) is 105 Å². The normalized spacial score (nSPS) is 12.2. The van der Waals surface area contributed by atoms with Crippen LogP contribution in [0.5, 0.6) is 0 Å². The first-order valence-corrected chi connectivity index (χ1v) is 30.8. The van der Waals surface area contributed by atoms with E-state index in [4.69, 9.17) is 28.1 Å². The van der Waals surface area contributed by atoms with Gasteiger partial charge in [-0.25, -0.2) is 24.6 Å². The molecule has 0 aliphatic carbocycles. The smallest absolute Gasteiger partial charge is 0.194 e. The summed E-state index contributed by atoms with van der Waals surface area (Å²) in [7, 11) is 0. The van der Waals surface area contributed by atoms with Gasteiger partial charge in [-0.3, -0.25) is 0 Å². The molecular weight excluding hydrogens is 1100 g/mol. The van der Waals surface area contributed by atoms with Crippen molar-refractivity contribution in [3.8, 4) is 85.0 Å². The summed E-state index contributed by atoms with van der Waals surface area (Å²) in [5.74, 6) is 1.34. The Morgan fingerprint density at radius 2 is 0.744 bits per heavy atom. The summed E-state index contributed by atoms with van der Waals surface area (Å²) in [6.45, 7) is 43.3. The zero-order valence-corrected chi connectivity index (χ0v) is 53.2. The summed E-state index contributed by atoms with van der Waals surface area (Å²) in [6, 6.07) is 74.2. The molecule has 8 heteroatoms. The third-order valence-electron chi connectivity index (χ3n) is 17.7. The highest BCUT2D eigenvalue weighted by molar-refractivity contribution is 6.12. The van der Waals surface area contributed by atoms with Crippen LogP contribution in [0.25, 0.3) is 132 Å². The summed E-state index contributed by atoms with van der Waals surface area (Å²) in [6.07, 6.45) is 0. The van der Waals surface area contributed by atoms with E-state index < -0.39 is 0 Å². The summed E-state index contributed by atoms with van der Waals surface area (Å²) in [5.41, 5.74) is 19.4. The van der Waals surface area contributed by atoms with Gasteiger partial charge in [0.2, 0.25) is 0 Å². The molecule has 0 amide bonds. The number of rotatable bonds is 8. The molecule has 0 aliphatic heterocycles. The second-order valence-electron chi connectivity index (χ2n) is 27.9. The molecule has 3 heterocycles. The number of para-hydroxylation sites is 1. The molecule has 3 aromatic heterocycles. The number of nitriles is 1. The van der Waals surface area contributed by atoms with Gasteiger partial charge in [-0.15, -0.1) is 0 Å². The van der Waals surface area contributed by atoms with Crippen molar-refractivity contribution in [2.75, 3.05) is 0 Å². The lowest BCUT2D eigenvalue weighted by Gasteiger charge is -2.20. The fraction of sp³-hybridized carbons (Fsp3) is 0.195. The van der Waals surface area contributed by atoms with Gasteiger partial charge in [0.15, 0.2) is 28.8 Å². The van der Waals surface area contributed by atoms with Gasteiger partial charge < -0.3 is 9.13 Å². The predicted molar refractivity (Wildman–Crippen MR) is 373 cm³/mol. The lowest BCUT2D eigenvalue weighted by molar-refractivity contribution is 0.590. The standard InChI is InChI=1S/C82H70N8/c1-79(2,3)56-31-37-70-65(45-56)66-46-57(80(4,5)6)32-38-71(66)89(70)74-43-52(61-26-16-15-21-55(61)49-83)29-35-63(74)77-86-76(54-24-19-22-50(41-54)51-23-20-25-60(42-51)84-13)87-78(88-77)64-36-30-53(62-27-17-18-28-69(62)85-14)44-75(64)90-72-39-33-58(81(7,8)9)47-67(72)68-48-59(82(10,11)12)34-40-73(68)90/h15-48H,1-12H3. The Hall–Kier alpha value is -10.7. The maximum Gasteiger partial charge on any atom is 0.194 e. The molecular formula is C82H70N8. The van der Waals surface area contributed by atoms with Gasteiger partial charge in [-0.1, -0.05) is 198 Å². The Balaban J connectivity index is 1.16. The SMILES string of the molecule is [C-]#[N+]c1cccc(-c2cccc(-c3nc(-c4ccc(-c5ccccc5C#N)cc4-n4c5ccc(C(C)(C)C)cc5c5cc(C(C)(C)C)ccc54)nc(-c4ccc(-c5ccccc5[N+]#[C-])cc4-n4c5ccc(C(C)(C)C)cc5c5cc(C(C)(C)C)ccc54)n3)c2)c1. The number of hydrogen-bond acceptors (Lipinski definition) is 4. The average molecular weight is 1170 g/mol. The molecule has 0 saturated heterocycles. The summed E-state index contributed by atoms with van der Waals surface area (Å²) in [4.78, 5) is 24.7. The van der Waals surface area contributed by atoms with Gasteiger partial charge in [0.05, 0.1) is 58.2 Å². The Morgan fingerprint density at radius 1 is 0.344 bits per heavy atom. The Bertz CT molecular complexity index is 4800. The Kier molecular flexibility index (Phi) is 14.2. The molecule has 0 spiro atoms. The summed E-state index contributed by atoms with van der Waals surface area (Å²) >= 11 is 0. The third kappa shape index (κ3) is 10.5. The summed E-state index contributed by atoms with van der Waals surface area (Å²) in [5, 5.41) is 15.2. The molecule has 0 radical (unpaired) electrons. The molecule has 13 aromatic rings. The van der Waals surface area contributed by atoms with Crippen LogP contribution in [-0.2, 0) is 21.7 Å². The molecule has 0 unspecified atom stereocenters.